The van der Waals surface area contributed by atoms with Crippen molar-refractivity contribution >= 4 is 56.9 Å². The van der Waals surface area contributed by atoms with Crippen molar-refractivity contribution in [2.75, 3.05) is 23.7 Å². The van der Waals surface area contributed by atoms with E-state index in [1.54, 1.807) is 24.3 Å². The summed E-state index contributed by atoms with van der Waals surface area (Å²) in [5, 5.41) is 4.26. The molecule has 0 saturated carbocycles. The van der Waals surface area contributed by atoms with Crippen LogP contribution in [0.15, 0.2) is 47.6 Å². The fourth-order valence-corrected chi connectivity index (χ4v) is 3.59. The number of nitrogens with zero attached hydrogens (tertiary/aromatic N) is 2. The molecule has 0 bridgehead atoms. The summed E-state index contributed by atoms with van der Waals surface area (Å²) in [5.74, 6) is -0.820. The van der Waals surface area contributed by atoms with E-state index >= 15 is 0 Å². The van der Waals surface area contributed by atoms with E-state index in [2.05, 4.69) is 10.5 Å². The highest BCUT2D eigenvalue weighted by atomic mass is 35.5. The molecule has 0 aromatic heterocycles. The van der Waals surface area contributed by atoms with E-state index in [1.807, 2.05) is 0 Å². The molecule has 9 nitrogen and oxygen atoms in total. The predicted molar refractivity (Wildman–Crippen MR) is 116 cm³/mol. The van der Waals surface area contributed by atoms with Crippen LogP contribution < -0.4 is 20.2 Å². The smallest absolute Gasteiger partial charge is 0.260 e. The van der Waals surface area contributed by atoms with Crippen LogP contribution in [-0.4, -0.2) is 45.9 Å². The highest BCUT2D eigenvalue weighted by Crippen LogP contribution is 2.26. The molecule has 3 N–H and O–H groups in total. The minimum atomic E-state index is -3.78. The maximum atomic E-state index is 12.2. The van der Waals surface area contributed by atoms with Gasteiger partial charge in [0.05, 0.1) is 18.2 Å². The number of hydrogen-bond donors (Lipinski definition) is 2. The second-order valence-electron chi connectivity index (χ2n) is 6.01. The zero-order valence-electron chi connectivity index (χ0n) is 15.7. The largest absolute Gasteiger partial charge is 0.484 e. The van der Waals surface area contributed by atoms with Gasteiger partial charge in [0.2, 0.25) is 10.0 Å². The fourth-order valence-electron chi connectivity index (χ4n) is 2.23. The lowest BCUT2D eigenvalue weighted by Crippen LogP contribution is -2.39. The van der Waals surface area contributed by atoms with Gasteiger partial charge in [-0.2, -0.15) is 5.10 Å². The van der Waals surface area contributed by atoms with E-state index < -0.39 is 28.4 Å². The van der Waals surface area contributed by atoms with Crippen molar-refractivity contribution in [1.29, 1.82) is 0 Å². The number of anilines is 1. The van der Waals surface area contributed by atoms with Crippen molar-refractivity contribution in [2.45, 2.75) is 0 Å². The number of nitrogens with two attached hydrogens (primary N) is 1. The van der Waals surface area contributed by atoms with Crippen LogP contribution in [0, 0.1) is 0 Å². The molecule has 2 amide bonds. The molecule has 2 aromatic rings. The molecule has 0 atom stereocenters. The Bertz CT molecular complexity index is 1040. The SMILES string of the molecule is CS(=O)(=O)N(CC(=O)N/N=C\c1ccc(OCC(N)=O)cc1)c1cc(Cl)cc(Cl)c1. The van der Waals surface area contributed by atoms with E-state index in [-0.39, 0.29) is 22.3 Å². The summed E-state index contributed by atoms with van der Waals surface area (Å²) < 4.78 is 30.2. The number of amides is 2. The molecule has 30 heavy (non-hydrogen) atoms. The Kier molecular flexibility index (Phi) is 8.04. The first-order chi connectivity index (χ1) is 14.0. The molecular formula is C18H18Cl2N4O5S. The lowest BCUT2D eigenvalue weighted by molar-refractivity contribution is -0.120. The maximum Gasteiger partial charge on any atom is 0.260 e. The summed E-state index contributed by atoms with van der Waals surface area (Å²) in [6, 6.07) is 10.7. The Morgan fingerprint density at radius 2 is 1.77 bits per heavy atom. The van der Waals surface area contributed by atoms with Crippen LogP contribution in [0.25, 0.3) is 0 Å². The van der Waals surface area contributed by atoms with Crippen LogP contribution in [0.3, 0.4) is 0 Å². The average molecular weight is 473 g/mol. The van der Waals surface area contributed by atoms with Crippen molar-refractivity contribution in [2.24, 2.45) is 10.8 Å². The van der Waals surface area contributed by atoms with Crippen LogP contribution in [0.4, 0.5) is 5.69 Å². The first kappa shape index (κ1) is 23.5. The number of carbonyl (C=O) groups excluding carboxylic acids is 2. The van der Waals surface area contributed by atoms with Crippen LogP contribution in [-0.2, 0) is 19.6 Å². The van der Waals surface area contributed by atoms with Gasteiger partial charge in [-0.25, -0.2) is 13.8 Å². The van der Waals surface area contributed by atoms with Gasteiger partial charge in [0.15, 0.2) is 6.61 Å². The molecule has 12 heteroatoms. The van der Waals surface area contributed by atoms with E-state index in [9.17, 15) is 18.0 Å². The minimum Gasteiger partial charge on any atom is -0.484 e. The number of carbonyl (C=O) groups is 2. The fraction of sp³-hybridized carbons (Fsp3) is 0.167. The highest BCUT2D eigenvalue weighted by molar-refractivity contribution is 7.92. The molecule has 2 rings (SSSR count). The summed E-state index contributed by atoms with van der Waals surface area (Å²) >= 11 is 11.8. The van der Waals surface area contributed by atoms with E-state index in [0.717, 1.165) is 10.6 Å². The third kappa shape index (κ3) is 7.54. The van der Waals surface area contributed by atoms with Gasteiger partial charge in [-0.05, 0) is 48.0 Å². The number of primary amides is 1. The van der Waals surface area contributed by atoms with Crippen molar-refractivity contribution in [3.63, 3.8) is 0 Å². The monoisotopic (exact) mass is 472 g/mol. The van der Waals surface area contributed by atoms with Gasteiger partial charge in [-0.15, -0.1) is 0 Å². The summed E-state index contributed by atoms with van der Waals surface area (Å²) in [6.07, 6.45) is 2.32. The maximum absolute atomic E-state index is 12.2. The molecule has 0 unspecified atom stereocenters. The number of rotatable bonds is 9. The Labute approximate surface area is 183 Å². The van der Waals surface area contributed by atoms with Gasteiger partial charge >= 0.3 is 0 Å². The van der Waals surface area contributed by atoms with Gasteiger partial charge in [0.25, 0.3) is 11.8 Å². The van der Waals surface area contributed by atoms with E-state index in [0.29, 0.717) is 11.3 Å². The topological polar surface area (TPSA) is 131 Å². The van der Waals surface area contributed by atoms with Crippen LogP contribution in [0.5, 0.6) is 5.75 Å². The number of hydrazone groups is 1. The van der Waals surface area contributed by atoms with Crippen LogP contribution in [0.2, 0.25) is 10.0 Å². The highest BCUT2D eigenvalue weighted by Gasteiger charge is 2.21. The first-order valence-corrected chi connectivity index (χ1v) is 10.9. The molecular weight excluding hydrogens is 455 g/mol. The summed E-state index contributed by atoms with van der Waals surface area (Å²) in [7, 11) is -3.78. The normalized spacial score (nSPS) is 11.3. The lowest BCUT2D eigenvalue weighted by Gasteiger charge is -2.21. The molecule has 0 aliphatic rings. The van der Waals surface area contributed by atoms with Gasteiger partial charge in [0.1, 0.15) is 12.3 Å². The molecule has 0 saturated heterocycles. The Morgan fingerprint density at radius 1 is 1.17 bits per heavy atom. The number of halogens is 2. The molecule has 2 aromatic carbocycles. The van der Waals surface area contributed by atoms with Crippen molar-refractivity contribution in [3.8, 4) is 5.75 Å². The Hall–Kier alpha value is -2.82. The number of nitrogens with one attached hydrogen (secondary N) is 1. The molecule has 0 aliphatic carbocycles. The van der Waals surface area contributed by atoms with Crippen molar-refractivity contribution < 1.29 is 22.7 Å². The second-order valence-corrected chi connectivity index (χ2v) is 8.79. The molecule has 0 spiro atoms. The number of benzene rings is 2. The molecule has 0 aliphatic heterocycles. The van der Waals surface area contributed by atoms with E-state index in [1.165, 1.54) is 24.4 Å². The van der Waals surface area contributed by atoms with Crippen LogP contribution >= 0.6 is 23.2 Å². The Morgan fingerprint density at radius 3 is 2.30 bits per heavy atom. The number of ether oxygens (including phenoxy) is 1. The first-order valence-electron chi connectivity index (χ1n) is 8.31. The van der Waals surface area contributed by atoms with E-state index in [4.69, 9.17) is 33.7 Å². The molecule has 0 radical (unpaired) electrons. The van der Waals surface area contributed by atoms with Crippen molar-refractivity contribution in [1.82, 2.24) is 5.43 Å². The third-order valence-corrected chi connectivity index (χ3v) is 5.06. The van der Waals surface area contributed by atoms with Gasteiger partial charge in [0, 0.05) is 10.0 Å². The number of sulfonamides is 1. The quantitative estimate of drug-likeness (QED) is 0.424. The zero-order chi connectivity index (χ0) is 22.3. The lowest BCUT2D eigenvalue weighted by atomic mass is 10.2. The summed E-state index contributed by atoms with van der Waals surface area (Å²) in [5.41, 5.74) is 8.03. The molecule has 160 valence electrons. The number of hydrogen-bond acceptors (Lipinski definition) is 6. The standard InChI is InChI=1S/C18H18Cl2N4O5S/c1-30(27,28)24(15-7-13(19)6-14(20)8-15)10-18(26)23-22-9-12-2-4-16(5-3-12)29-11-17(21)25/h2-9H,10-11H2,1H3,(H2,21,25)(H,23,26)/b22-9-. The average Bonchev–Trinajstić information content (AvgIpc) is 2.63. The third-order valence-electron chi connectivity index (χ3n) is 3.49. The van der Waals surface area contributed by atoms with Crippen LogP contribution in [0.1, 0.15) is 5.56 Å². The van der Waals surface area contributed by atoms with Crippen molar-refractivity contribution in [3.05, 3.63) is 58.1 Å². The Balaban J connectivity index is 2.01. The second kappa shape index (κ2) is 10.3. The zero-order valence-corrected chi connectivity index (χ0v) is 18.0. The summed E-state index contributed by atoms with van der Waals surface area (Å²) in [6.45, 7) is -0.759. The minimum absolute atomic E-state index is 0.153. The van der Waals surface area contributed by atoms with Gasteiger partial charge < -0.3 is 10.5 Å². The molecule has 0 heterocycles. The van der Waals surface area contributed by atoms with Gasteiger partial charge in [-0.3, -0.25) is 13.9 Å². The molecule has 0 fully saturated rings. The predicted octanol–water partition coefficient (Wildman–Crippen LogP) is 1.77. The summed E-state index contributed by atoms with van der Waals surface area (Å²) in [4.78, 5) is 22.9. The van der Waals surface area contributed by atoms with Gasteiger partial charge in [-0.1, -0.05) is 23.2 Å².